The third-order valence-corrected chi connectivity index (χ3v) is 3.65. The molecule has 5 nitrogen and oxygen atoms in total. The largest absolute Gasteiger partial charge is 0.383 e. The summed E-state index contributed by atoms with van der Waals surface area (Å²) in [5, 5.41) is 14.7. The molecule has 1 heterocycles. The molecule has 0 spiro atoms. The topological polar surface area (TPSA) is 55.6 Å². The van der Waals surface area contributed by atoms with Crippen molar-refractivity contribution >= 4 is 17.3 Å². The van der Waals surface area contributed by atoms with Crippen LogP contribution < -0.4 is 5.32 Å². The van der Waals surface area contributed by atoms with Crippen LogP contribution in [0.2, 0.25) is 5.02 Å². The third kappa shape index (κ3) is 3.07. The van der Waals surface area contributed by atoms with Crippen LogP contribution in [0.1, 0.15) is 6.92 Å². The molecule has 3 aromatic rings. The molecule has 0 aliphatic heterocycles. The molecule has 0 aliphatic rings. The van der Waals surface area contributed by atoms with Crippen molar-refractivity contribution in [2.75, 3.05) is 11.9 Å². The first kappa shape index (κ1) is 16.3. The van der Waals surface area contributed by atoms with Gasteiger partial charge in [0.05, 0.1) is 18.3 Å². The molecule has 1 N–H and O–H groups in total. The fourth-order valence-electron chi connectivity index (χ4n) is 2.43. The highest BCUT2D eigenvalue weighted by Gasteiger charge is 2.19. The first-order chi connectivity index (χ1) is 11.5. The zero-order valence-electron chi connectivity index (χ0n) is 13.0. The van der Waals surface area contributed by atoms with Crippen LogP contribution in [0.15, 0.2) is 30.3 Å². The zero-order chi connectivity index (χ0) is 17.3. The monoisotopic (exact) mass is 349 g/mol. The van der Waals surface area contributed by atoms with E-state index in [0.29, 0.717) is 23.4 Å². The molecule has 0 saturated heterocycles. The minimum Gasteiger partial charge on any atom is -0.383 e. The summed E-state index contributed by atoms with van der Waals surface area (Å²) in [6, 6.07) is 7.33. The number of tetrazole rings is 1. The van der Waals surface area contributed by atoms with E-state index in [1.54, 1.807) is 25.2 Å². The minimum absolute atomic E-state index is 0.109. The Morgan fingerprint density at radius 1 is 1.17 bits per heavy atom. The summed E-state index contributed by atoms with van der Waals surface area (Å²) in [5.41, 5.74) is 1.37. The molecular weight excluding hydrogens is 336 g/mol. The van der Waals surface area contributed by atoms with Gasteiger partial charge >= 0.3 is 0 Å². The molecular formula is C16H14ClF2N5. The summed E-state index contributed by atoms with van der Waals surface area (Å²) in [4.78, 5) is 1.22. The molecule has 24 heavy (non-hydrogen) atoms. The predicted octanol–water partition coefficient (Wildman–Crippen LogP) is 3.91. The second-order valence-electron chi connectivity index (χ2n) is 5.14. The Morgan fingerprint density at radius 2 is 1.96 bits per heavy atom. The average Bonchev–Trinajstić information content (AvgIpc) is 2.94. The summed E-state index contributed by atoms with van der Waals surface area (Å²) in [6.07, 6.45) is 0. The van der Waals surface area contributed by atoms with Gasteiger partial charge in [-0.3, -0.25) is 0 Å². The highest BCUT2D eigenvalue weighted by atomic mass is 35.5. The number of nitrogens with one attached hydrogen (secondary N) is 1. The van der Waals surface area contributed by atoms with E-state index < -0.39 is 11.6 Å². The van der Waals surface area contributed by atoms with E-state index in [-0.39, 0.29) is 16.4 Å². The molecule has 124 valence electrons. The van der Waals surface area contributed by atoms with E-state index >= 15 is 0 Å². The maximum Gasteiger partial charge on any atom is 0.208 e. The lowest BCUT2D eigenvalue weighted by molar-refractivity contribution is 0.625. The predicted molar refractivity (Wildman–Crippen MR) is 88.8 cm³/mol. The Labute approximate surface area is 142 Å². The maximum absolute atomic E-state index is 14.5. The standard InChI is InChI=1S/C16H14ClF2N5/c1-3-20-14-5-4-9(6-12(14)18)11-7-10(17)8-13(19)15(11)16-21-23-24(2)22-16/h4-8,20H,3H2,1-2H3. The van der Waals surface area contributed by atoms with Crippen molar-refractivity contribution in [3.63, 3.8) is 0 Å². The van der Waals surface area contributed by atoms with Crippen molar-refractivity contribution < 1.29 is 8.78 Å². The van der Waals surface area contributed by atoms with Gasteiger partial charge in [-0.05, 0) is 47.5 Å². The SMILES string of the molecule is CCNc1ccc(-c2cc(Cl)cc(F)c2-c2nnn(C)n2)cc1F. The number of benzene rings is 2. The van der Waals surface area contributed by atoms with E-state index in [4.69, 9.17) is 11.6 Å². The van der Waals surface area contributed by atoms with Crippen molar-refractivity contribution in [2.24, 2.45) is 7.05 Å². The van der Waals surface area contributed by atoms with Crippen LogP contribution in [-0.2, 0) is 7.05 Å². The second kappa shape index (κ2) is 6.52. The van der Waals surface area contributed by atoms with Crippen molar-refractivity contribution in [3.8, 4) is 22.5 Å². The smallest absolute Gasteiger partial charge is 0.208 e. The van der Waals surface area contributed by atoms with Crippen molar-refractivity contribution in [1.82, 2.24) is 20.2 Å². The van der Waals surface area contributed by atoms with Gasteiger partial charge in [0, 0.05) is 11.6 Å². The molecule has 0 amide bonds. The lowest BCUT2D eigenvalue weighted by Gasteiger charge is -2.11. The van der Waals surface area contributed by atoms with E-state index in [9.17, 15) is 8.78 Å². The number of halogens is 3. The first-order valence-corrected chi connectivity index (χ1v) is 7.64. The molecule has 0 unspecified atom stereocenters. The van der Waals surface area contributed by atoms with Gasteiger partial charge in [-0.25, -0.2) is 8.78 Å². The highest BCUT2D eigenvalue weighted by molar-refractivity contribution is 6.31. The molecule has 1 aromatic heterocycles. The average molecular weight is 350 g/mol. The molecule has 8 heteroatoms. The lowest BCUT2D eigenvalue weighted by Crippen LogP contribution is -2.00. The van der Waals surface area contributed by atoms with Crippen LogP contribution in [0.4, 0.5) is 14.5 Å². The summed E-state index contributed by atoms with van der Waals surface area (Å²) < 4.78 is 28.7. The summed E-state index contributed by atoms with van der Waals surface area (Å²) in [5.74, 6) is -0.924. The maximum atomic E-state index is 14.5. The van der Waals surface area contributed by atoms with Crippen LogP contribution in [0, 0.1) is 11.6 Å². The molecule has 0 saturated carbocycles. The number of rotatable bonds is 4. The van der Waals surface area contributed by atoms with Crippen molar-refractivity contribution in [2.45, 2.75) is 6.92 Å². The van der Waals surface area contributed by atoms with Crippen LogP contribution in [-0.4, -0.2) is 26.8 Å². The Morgan fingerprint density at radius 3 is 2.58 bits per heavy atom. The van der Waals surface area contributed by atoms with Gasteiger partial charge in [0.2, 0.25) is 5.82 Å². The molecule has 0 fully saturated rings. The van der Waals surface area contributed by atoms with E-state index in [1.165, 1.54) is 16.9 Å². The van der Waals surface area contributed by atoms with Gasteiger partial charge in [0.15, 0.2) is 0 Å². The molecule has 0 bridgehead atoms. The van der Waals surface area contributed by atoms with E-state index in [2.05, 4.69) is 20.7 Å². The normalized spacial score (nSPS) is 10.9. The van der Waals surface area contributed by atoms with Gasteiger partial charge in [-0.1, -0.05) is 17.7 Å². The molecule has 2 aromatic carbocycles. The number of anilines is 1. The van der Waals surface area contributed by atoms with Crippen LogP contribution in [0.3, 0.4) is 0 Å². The molecule has 0 radical (unpaired) electrons. The zero-order valence-corrected chi connectivity index (χ0v) is 13.8. The van der Waals surface area contributed by atoms with Crippen LogP contribution in [0.5, 0.6) is 0 Å². The van der Waals surface area contributed by atoms with Gasteiger partial charge < -0.3 is 5.32 Å². The van der Waals surface area contributed by atoms with Gasteiger partial charge in [0.1, 0.15) is 11.6 Å². The highest BCUT2D eigenvalue weighted by Crippen LogP contribution is 2.36. The Kier molecular flexibility index (Phi) is 4.44. The number of hydrogen-bond acceptors (Lipinski definition) is 4. The first-order valence-electron chi connectivity index (χ1n) is 7.26. The van der Waals surface area contributed by atoms with E-state index in [1.807, 2.05) is 6.92 Å². The Hall–Kier alpha value is -2.54. The number of aromatic nitrogens is 4. The summed E-state index contributed by atoms with van der Waals surface area (Å²) in [6.45, 7) is 2.47. The fraction of sp³-hybridized carbons (Fsp3) is 0.188. The Bertz CT molecular complexity index is 894. The van der Waals surface area contributed by atoms with Gasteiger partial charge in [-0.2, -0.15) is 4.80 Å². The second-order valence-corrected chi connectivity index (χ2v) is 5.57. The summed E-state index contributed by atoms with van der Waals surface area (Å²) in [7, 11) is 1.58. The number of aryl methyl sites for hydroxylation is 1. The quantitative estimate of drug-likeness (QED) is 0.776. The Balaban J connectivity index is 2.19. The number of hydrogen-bond donors (Lipinski definition) is 1. The lowest BCUT2D eigenvalue weighted by atomic mass is 9.98. The van der Waals surface area contributed by atoms with Gasteiger partial charge in [-0.15, -0.1) is 10.2 Å². The van der Waals surface area contributed by atoms with Gasteiger partial charge in [0.25, 0.3) is 0 Å². The van der Waals surface area contributed by atoms with Crippen LogP contribution >= 0.6 is 11.6 Å². The van der Waals surface area contributed by atoms with Crippen molar-refractivity contribution in [1.29, 1.82) is 0 Å². The van der Waals surface area contributed by atoms with Crippen molar-refractivity contribution in [3.05, 3.63) is 47.0 Å². The minimum atomic E-state index is -0.596. The summed E-state index contributed by atoms with van der Waals surface area (Å²) >= 11 is 5.98. The van der Waals surface area contributed by atoms with E-state index in [0.717, 1.165) is 0 Å². The third-order valence-electron chi connectivity index (χ3n) is 3.43. The number of nitrogens with zero attached hydrogens (tertiary/aromatic N) is 4. The van der Waals surface area contributed by atoms with Crippen LogP contribution in [0.25, 0.3) is 22.5 Å². The molecule has 3 rings (SSSR count). The fourth-order valence-corrected chi connectivity index (χ4v) is 2.63. The molecule has 0 aliphatic carbocycles. The molecule has 0 atom stereocenters.